The van der Waals surface area contributed by atoms with Crippen LogP contribution in [-0.4, -0.2) is 58.9 Å². The molecule has 1 fully saturated rings. The lowest BCUT2D eigenvalue weighted by atomic mass is 9.96. The second-order valence-corrected chi connectivity index (χ2v) is 7.35. The van der Waals surface area contributed by atoms with E-state index in [0.29, 0.717) is 19.0 Å². The second-order valence-electron chi connectivity index (χ2n) is 5.37. The van der Waals surface area contributed by atoms with Gasteiger partial charge in [0.15, 0.2) is 0 Å². The van der Waals surface area contributed by atoms with E-state index in [1.807, 2.05) is 0 Å². The van der Waals surface area contributed by atoms with Crippen molar-refractivity contribution in [3.63, 3.8) is 0 Å². The minimum atomic E-state index is -3.02. The molecule has 1 aliphatic heterocycles. The standard InChI is InChI=1S/C14H28N2O3S/c1-19-12-10-15-9-5-3-4-7-14-8-6-11-16(13-14)20(2,17)18/h3-4,14-15H,5-13H2,1-2H3. The first kappa shape index (κ1) is 17.6. The third kappa shape index (κ3) is 7.38. The van der Waals surface area contributed by atoms with Crippen LogP contribution >= 0.6 is 0 Å². The third-order valence-corrected chi connectivity index (χ3v) is 4.83. The highest BCUT2D eigenvalue weighted by molar-refractivity contribution is 7.88. The number of hydrogen-bond donors (Lipinski definition) is 1. The summed E-state index contributed by atoms with van der Waals surface area (Å²) in [5.41, 5.74) is 0. The number of piperidine rings is 1. The SMILES string of the molecule is COCCNCCC=CCC1CCCN(S(C)(=O)=O)C1. The van der Waals surface area contributed by atoms with Gasteiger partial charge in [-0.3, -0.25) is 0 Å². The van der Waals surface area contributed by atoms with Crippen molar-refractivity contribution < 1.29 is 13.2 Å². The molecule has 1 atom stereocenters. The van der Waals surface area contributed by atoms with E-state index in [-0.39, 0.29) is 0 Å². The summed E-state index contributed by atoms with van der Waals surface area (Å²) in [5.74, 6) is 0.469. The Hall–Kier alpha value is -0.430. The number of nitrogens with zero attached hydrogens (tertiary/aromatic N) is 1. The molecule has 1 unspecified atom stereocenters. The van der Waals surface area contributed by atoms with Crippen molar-refractivity contribution in [3.05, 3.63) is 12.2 Å². The smallest absolute Gasteiger partial charge is 0.211 e. The summed E-state index contributed by atoms with van der Waals surface area (Å²) < 4.78 is 29.6. The second kappa shape index (κ2) is 9.50. The Morgan fingerprint density at radius 1 is 1.35 bits per heavy atom. The Kier molecular flexibility index (Phi) is 8.37. The quantitative estimate of drug-likeness (QED) is 0.514. The molecule has 5 nitrogen and oxygen atoms in total. The van der Waals surface area contributed by atoms with Gasteiger partial charge in [-0.25, -0.2) is 12.7 Å². The molecule has 1 rings (SSSR count). The van der Waals surface area contributed by atoms with Crippen molar-refractivity contribution in [1.82, 2.24) is 9.62 Å². The van der Waals surface area contributed by atoms with Crippen molar-refractivity contribution in [2.45, 2.75) is 25.7 Å². The van der Waals surface area contributed by atoms with Crippen LogP contribution in [0.2, 0.25) is 0 Å². The van der Waals surface area contributed by atoms with E-state index in [1.165, 1.54) is 6.26 Å². The molecule has 0 amide bonds. The van der Waals surface area contributed by atoms with E-state index in [9.17, 15) is 8.42 Å². The fraction of sp³-hybridized carbons (Fsp3) is 0.857. The highest BCUT2D eigenvalue weighted by Crippen LogP contribution is 2.21. The molecule has 6 heteroatoms. The number of rotatable bonds is 9. The topological polar surface area (TPSA) is 58.6 Å². The molecule has 20 heavy (non-hydrogen) atoms. The Bertz CT molecular complexity index is 382. The molecule has 0 saturated carbocycles. The first-order valence-corrected chi connectivity index (χ1v) is 9.18. The molecule has 0 aliphatic carbocycles. The summed E-state index contributed by atoms with van der Waals surface area (Å²) in [5, 5.41) is 3.29. The van der Waals surface area contributed by atoms with Crippen molar-refractivity contribution in [2.24, 2.45) is 5.92 Å². The molecule has 0 aromatic heterocycles. The zero-order chi connectivity index (χ0) is 14.8. The summed E-state index contributed by atoms with van der Waals surface area (Å²) in [7, 11) is -1.32. The van der Waals surface area contributed by atoms with Gasteiger partial charge in [-0.15, -0.1) is 0 Å². The van der Waals surface area contributed by atoms with Crippen molar-refractivity contribution in [2.75, 3.05) is 46.2 Å². The van der Waals surface area contributed by atoms with Gasteiger partial charge in [0.25, 0.3) is 0 Å². The van der Waals surface area contributed by atoms with Gasteiger partial charge in [-0.2, -0.15) is 0 Å². The van der Waals surface area contributed by atoms with Crippen LogP contribution < -0.4 is 5.32 Å². The van der Waals surface area contributed by atoms with Crippen LogP contribution in [0.4, 0.5) is 0 Å². The average Bonchev–Trinajstić information content (AvgIpc) is 2.41. The fourth-order valence-electron chi connectivity index (χ4n) is 2.41. The van der Waals surface area contributed by atoms with Crippen LogP contribution in [0, 0.1) is 5.92 Å². The normalized spacial score (nSPS) is 21.6. The van der Waals surface area contributed by atoms with Crippen LogP contribution in [0.15, 0.2) is 12.2 Å². The minimum absolute atomic E-state index is 0.469. The average molecular weight is 304 g/mol. The van der Waals surface area contributed by atoms with E-state index >= 15 is 0 Å². The van der Waals surface area contributed by atoms with Gasteiger partial charge in [0.2, 0.25) is 10.0 Å². The summed E-state index contributed by atoms with van der Waals surface area (Å²) in [4.78, 5) is 0. The largest absolute Gasteiger partial charge is 0.383 e. The van der Waals surface area contributed by atoms with E-state index in [4.69, 9.17) is 4.74 Å². The van der Waals surface area contributed by atoms with Crippen molar-refractivity contribution >= 4 is 10.0 Å². The summed E-state index contributed by atoms with van der Waals surface area (Å²) in [6, 6.07) is 0. The summed E-state index contributed by atoms with van der Waals surface area (Å²) in [6.07, 6.45) is 9.76. The maximum absolute atomic E-state index is 11.5. The Labute approximate surface area is 123 Å². The molecule has 0 aromatic rings. The van der Waals surface area contributed by atoms with Crippen molar-refractivity contribution in [1.29, 1.82) is 0 Å². The van der Waals surface area contributed by atoms with Crippen LogP contribution in [0.3, 0.4) is 0 Å². The van der Waals surface area contributed by atoms with E-state index in [0.717, 1.165) is 45.4 Å². The monoisotopic (exact) mass is 304 g/mol. The number of hydrogen-bond acceptors (Lipinski definition) is 4. The molecule has 0 spiro atoms. The Morgan fingerprint density at radius 2 is 2.15 bits per heavy atom. The van der Waals surface area contributed by atoms with Crippen molar-refractivity contribution in [3.8, 4) is 0 Å². The molecule has 1 aliphatic rings. The van der Waals surface area contributed by atoms with E-state index in [2.05, 4.69) is 17.5 Å². The van der Waals surface area contributed by atoms with Crippen LogP contribution in [0.5, 0.6) is 0 Å². The maximum atomic E-state index is 11.5. The number of sulfonamides is 1. The van der Waals surface area contributed by atoms with Gasteiger partial charge in [-0.05, 0) is 38.1 Å². The molecule has 118 valence electrons. The molecule has 1 saturated heterocycles. The van der Waals surface area contributed by atoms with Crippen LogP contribution in [0.1, 0.15) is 25.7 Å². The first-order chi connectivity index (χ1) is 9.54. The van der Waals surface area contributed by atoms with Gasteiger partial charge in [0, 0.05) is 26.7 Å². The van der Waals surface area contributed by atoms with Gasteiger partial charge >= 0.3 is 0 Å². The predicted molar refractivity (Wildman–Crippen MR) is 82.3 cm³/mol. The van der Waals surface area contributed by atoms with Gasteiger partial charge in [0.1, 0.15) is 0 Å². The number of nitrogens with one attached hydrogen (secondary N) is 1. The van der Waals surface area contributed by atoms with Crippen LogP contribution in [0.25, 0.3) is 0 Å². The van der Waals surface area contributed by atoms with Gasteiger partial charge in [-0.1, -0.05) is 12.2 Å². The van der Waals surface area contributed by atoms with Gasteiger partial charge in [0.05, 0.1) is 12.9 Å². The molecule has 0 radical (unpaired) electrons. The minimum Gasteiger partial charge on any atom is -0.383 e. The maximum Gasteiger partial charge on any atom is 0.211 e. The number of allylic oxidation sites excluding steroid dienone is 1. The van der Waals surface area contributed by atoms with Gasteiger partial charge < -0.3 is 10.1 Å². The third-order valence-electron chi connectivity index (χ3n) is 3.56. The molecular formula is C14H28N2O3S. The molecule has 1 heterocycles. The van der Waals surface area contributed by atoms with E-state index in [1.54, 1.807) is 11.4 Å². The van der Waals surface area contributed by atoms with E-state index < -0.39 is 10.0 Å². The molecule has 0 aromatic carbocycles. The number of ether oxygens (including phenoxy) is 1. The lowest BCUT2D eigenvalue weighted by Gasteiger charge is -2.30. The first-order valence-electron chi connectivity index (χ1n) is 7.34. The number of methoxy groups -OCH3 is 1. The fourth-order valence-corrected chi connectivity index (χ4v) is 3.35. The zero-order valence-corrected chi connectivity index (χ0v) is 13.5. The van der Waals surface area contributed by atoms with Crippen LogP contribution in [-0.2, 0) is 14.8 Å². The Morgan fingerprint density at radius 3 is 2.85 bits per heavy atom. The molecule has 0 bridgehead atoms. The summed E-state index contributed by atoms with van der Waals surface area (Å²) >= 11 is 0. The Balaban J connectivity index is 2.15. The lowest BCUT2D eigenvalue weighted by Crippen LogP contribution is -2.39. The zero-order valence-electron chi connectivity index (χ0n) is 12.7. The highest BCUT2D eigenvalue weighted by Gasteiger charge is 2.24. The summed E-state index contributed by atoms with van der Waals surface area (Å²) in [6.45, 7) is 3.95. The lowest BCUT2D eigenvalue weighted by molar-refractivity contribution is 0.199. The highest BCUT2D eigenvalue weighted by atomic mass is 32.2. The molecule has 1 N–H and O–H groups in total. The molecular weight excluding hydrogens is 276 g/mol. The predicted octanol–water partition coefficient (Wildman–Crippen LogP) is 1.23.